The van der Waals surface area contributed by atoms with Gasteiger partial charge in [0.2, 0.25) is 0 Å². The summed E-state index contributed by atoms with van der Waals surface area (Å²) in [7, 11) is 0. The highest BCUT2D eigenvalue weighted by molar-refractivity contribution is 5.77. The molecule has 0 aromatic heterocycles. The second-order valence-corrected chi connectivity index (χ2v) is 7.78. The van der Waals surface area contributed by atoms with E-state index in [1.807, 2.05) is 0 Å². The number of rotatable bonds is 5. The number of fused-ring (bicyclic) bond motifs is 1. The minimum Gasteiger partial charge on any atom is -0.458 e. The average Bonchev–Trinajstić information content (AvgIpc) is 2.99. The van der Waals surface area contributed by atoms with Crippen LogP contribution in [0.2, 0.25) is 0 Å². The molecule has 1 aliphatic heterocycles. The summed E-state index contributed by atoms with van der Waals surface area (Å²) in [5.74, 6) is 1.21. The van der Waals surface area contributed by atoms with Crippen molar-refractivity contribution in [2.75, 3.05) is 0 Å². The van der Waals surface area contributed by atoms with Crippen LogP contribution in [-0.2, 0) is 19.1 Å². The fraction of sp³-hybridized carbons (Fsp3) is 0.882. The standard InChI is InChI=1S/C17H26O4/c1-8(2)5-11(9(3)4)16(18)20-14-10-6-12-13(7-10)17(19)21-15(12)14/h8-15H,5-7H2,1-4H3. The van der Waals surface area contributed by atoms with Crippen LogP contribution >= 0.6 is 0 Å². The van der Waals surface area contributed by atoms with Gasteiger partial charge in [-0.1, -0.05) is 27.7 Å². The van der Waals surface area contributed by atoms with E-state index in [4.69, 9.17) is 9.47 Å². The lowest BCUT2D eigenvalue weighted by Crippen LogP contribution is -2.38. The maximum atomic E-state index is 12.5. The Kier molecular flexibility index (Phi) is 3.74. The Morgan fingerprint density at radius 1 is 1.29 bits per heavy atom. The molecular weight excluding hydrogens is 268 g/mol. The summed E-state index contributed by atoms with van der Waals surface area (Å²) in [5, 5.41) is 0. The fourth-order valence-electron chi connectivity index (χ4n) is 4.43. The molecule has 21 heavy (non-hydrogen) atoms. The predicted octanol–water partition coefficient (Wildman–Crippen LogP) is 2.80. The van der Waals surface area contributed by atoms with Crippen LogP contribution in [0.5, 0.6) is 0 Å². The zero-order chi connectivity index (χ0) is 15.3. The summed E-state index contributed by atoms with van der Waals surface area (Å²) in [5.41, 5.74) is 0. The molecule has 1 saturated heterocycles. The largest absolute Gasteiger partial charge is 0.458 e. The van der Waals surface area contributed by atoms with Gasteiger partial charge in [0.1, 0.15) is 12.2 Å². The highest BCUT2D eigenvalue weighted by Crippen LogP contribution is 2.55. The van der Waals surface area contributed by atoms with Gasteiger partial charge < -0.3 is 9.47 Å². The lowest BCUT2D eigenvalue weighted by molar-refractivity contribution is -0.167. The highest BCUT2D eigenvalue weighted by atomic mass is 16.6. The number of carbonyl (C=O) groups excluding carboxylic acids is 2. The van der Waals surface area contributed by atoms with Crippen molar-refractivity contribution in [2.45, 2.75) is 59.2 Å². The number of ether oxygens (including phenoxy) is 2. The molecule has 118 valence electrons. The van der Waals surface area contributed by atoms with Crippen molar-refractivity contribution in [1.29, 1.82) is 0 Å². The first-order chi connectivity index (χ1) is 9.88. The molecule has 0 amide bonds. The Morgan fingerprint density at radius 2 is 2.00 bits per heavy atom. The summed E-state index contributed by atoms with van der Waals surface area (Å²) < 4.78 is 11.3. The third-order valence-electron chi connectivity index (χ3n) is 5.50. The van der Waals surface area contributed by atoms with Crippen molar-refractivity contribution in [3.8, 4) is 0 Å². The molecule has 2 bridgehead atoms. The Hall–Kier alpha value is -1.06. The van der Waals surface area contributed by atoms with Crippen LogP contribution in [0.3, 0.4) is 0 Å². The minimum atomic E-state index is -0.196. The fourth-order valence-corrected chi connectivity index (χ4v) is 4.43. The van der Waals surface area contributed by atoms with E-state index in [-0.39, 0.29) is 41.9 Å². The van der Waals surface area contributed by atoms with Crippen LogP contribution in [0.15, 0.2) is 0 Å². The topological polar surface area (TPSA) is 52.6 Å². The minimum absolute atomic E-state index is 0.0583. The first-order valence-corrected chi connectivity index (χ1v) is 8.29. The van der Waals surface area contributed by atoms with Crippen molar-refractivity contribution >= 4 is 11.9 Å². The third kappa shape index (κ3) is 2.47. The Balaban J connectivity index is 1.66. The second-order valence-electron chi connectivity index (χ2n) is 7.78. The van der Waals surface area contributed by atoms with E-state index in [2.05, 4.69) is 27.7 Å². The van der Waals surface area contributed by atoms with Crippen LogP contribution < -0.4 is 0 Å². The number of esters is 2. The highest BCUT2D eigenvalue weighted by Gasteiger charge is 2.63. The van der Waals surface area contributed by atoms with Crippen LogP contribution in [0, 0.1) is 35.5 Å². The molecule has 0 radical (unpaired) electrons. The molecule has 2 saturated carbocycles. The summed E-state index contributed by atoms with van der Waals surface area (Å²) in [6.45, 7) is 8.40. The van der Waals surface area contributed by atoms with Gasteiger partial charge in [0, 0.05) is 11.8 Å². The van der Waals surface area contributed by atoms with Crippen molar-refractivity contribution in [2.24, 2.45) is 35.5 Å². The Labute approximate surface area is 126 Å². The van der Waals surface area contributed by atoms with Gasteiger partial charge in [0.15, 0.2) is 0 Å². The number of hydrogen-bond acceptors (Lipinski definition) is 4. The van der Waals surface area contributed by atoms with Gasteiger partial charge in [-0.2, -0.15) is 0 Å². The second kappa shape index (κ2) is 5.29. The quantitative estimate of drug-likeness (QED) is 0.732. The molecule has 3 aliphatic rings. The molecule has 6 atom stereocenters. The van der Waals surface area contributed by atoms with Gasteiger partial charge in [-0.3, -0.25) is 9.59 Å². The van der Waals surface area contributed by atoms with Crippen molar-refractivity contribution in [1.82, 2.24) is 0 Å². The van der Waals surface area contributed by atoms with E-state index in [1.54, 1.807) is 0 Å². The monoisotopic (exact) mass is 294 g/mol. The van der Waals surface area contributed by atoms with Crippen molar-refractivity contribution in [3.05, 3.63) is 0 Å². The van der Waals surface area contributed by atoms with E-state index in [0.717, 1.165) is 19.3 Å². The maximum absolute atomic E-state index is 12.5. The molecule has 3 rings (SSSR count). The van der Waals surface area contributed by atoms with E-state index in [0.29, 0.717) is 17.8 Å². The molecular formula is C17H26O4. The first-order valence-electron chi connectivity index (χ1n) is 8.29. The van der Waals surface area contributed by atoms with Crippen molar-refractivity contribution in [3.63, 3.8) is 0 Å². The van der Waals surface area contributed by atoms with Crippen LogP contribution in [0.25, 0.3) is 0 Å². The lowest BCUT2D eigenvalue weighted by Gasteiger charge is -2.29. The molecule has 4 heteroatoms. The molecule has 0 N–H and O–H groups in total. The van der Waals surface area contributed by atoms with Crippen molar-refractivity contribution < 1.29 is 19.1 Å². The molecule has 6 unspecified atom stereocenters. The summed E-state index contributed by atoms with van der Waals surface area (Å²) in [6.07, 6.45) is 2.31. The smallest absolute Gasteiger partial charge is 0.309 e. The molecule has 0 aromatic rings. The summed E-state index contributed by atoms with van der Waals surface area (Å²) in [4.78, 5) is 24.3. The molecule has 3 fully saturated rings. The van der Waals surface area contributed by atoms with E-state index in [1.165, 1.54) is 0 Å². The van der Waals surface area contributed by atoms with Gasteiger partial charge in [-0.05, 0) is 31.1 Å². The molecule has 0 aromatic carbocycles. The van der Waals surface area contributed by atoms with Crippen LogP contribution in [0.4, 0.5) is 0 Å². The van der Waals surface area contributed by atoms with Gasteiger partial charge in [-0.25, -0.2) is 0 Å². The Morgan fingerprint density at radius 3 is 2.62 bits per heavy atom. The molecule has 1 heterocycles. The summed E-state index contributed by atoms with van der Waals surface area (Å²) >= 11 is 0. The van der Waals surface area contributed by atoms with Crippen LogP contribution in [0.1, 0.15) is 47.0 Å². The van der Waals surface area contributed by atoms with E-state index >= 15 is 0 Å². The number of carbonyl (C=O) groups is 2. The third-order valence-corrected chi connectivity index (χ3v) is 5.50. The molecule has 2 aliphatic carbocycles. The SMILES string of the molecule is CC(C)CC(C(=O)OC1C2CC3C(=O)OC1C3C2)C(C)C. The van der Waals surface area contributed by atoms with Gasteiger partial charge in [-0.15, -0.1) is 0 Å². The van der Waals surface area contributed by atoms with E-state index in [9.17, 15) is 9.59 Å². The Bertz CT molecular complexity index is 442. The van der Waals surface area contributed by atoms with Gasteiger partial charge >= 0.3 is 11.9 Å². The first kappa shape index (κ1) is 14.9. The van der Waals surface area contributed by atoms with Crippen LogP contribution in [-0.4, -0.2) is 24.1 Å². The average molecular weight is 294 g/mol. The normalized spacial score (nSPS) is 38.2. The zero-order valence-corrected chi connectivity index (χ0v) is 13.4. The van der Waals surface area contributed by atoms with Gasteiger partial charge in [0.25, 0.3) is 0 Å². The van der Waals surface area contributed by atoms with E-state index < -0.39 is 0 Å². The number of hydrogen-bond donors (Lipinski definition) is 0. The summed E-state index contributed by atoms with van der Waals surface area (Å²) in [6, 6.07) is 0. The predicted molar refractivity (Wildman–Crippen MR) is 77.2 cm³/mol. The zero-order valence-electron chi connectivity index (χ0n) is 13.4. The maximum Gasteiger partial charge on any atom is 0.309 e. The van der Waals surface area contributed by atoms with Gasteiger partial charge in [0.05, 0.1) is 11.8 Å². The molecule has 4 nitrogen and oxygen atoms in total. The lowest BCUT2D eigenvalue weighted by atomic mass is 9.86. The molecule has 0 spiro atoms.